The van der Waals surface area contributed by atoms with Gasteiger partial charge < -0.3 is 15.2 Å². The second-order valence-corrected chi connectivity index (χ2v) is 7.57. The van der Waals surface area contributed by atoms with Gasteiger partial charge in [0.05, 0.1) is 23.7 Å². The van der Waals surface area contributed by atoms with E-state index in [1.54, 1.807) is 0 Å². The number of benzene rings is 1. The fourth-order valence-electron chi connectivity index (χ4n) is 2.60. The van der Waals surface area contributed by atoms with Gasteiger partial charge in [0.2, 0.25) is 10.0 Å². The molecule has 0 aromatic heterocycles. The summed E-state index contributed by atoms with van der Waals surface area (Å²) in [6.45, 7) is 2.06. The zero-order chi connectivity index (χ0) is 17.6. The van der Waals surface area contributed by atoms with Crippen LogP contribution < -0.4 is 5.73 Å². The number of piperidine rings is 1. The van der Waals surface area contributed by atoms with Gasteiger partial charge in [-0.1, -0.05) is 0 Å². The third-order valence-electron chi connectivity index (χ3n) is 4.02. The van der Waals surface area contributed by atoms with Crippen LogP contribution >= 0.6 is 0 Å². The third-order valence-corrected chi connectivity index (χ3v) is 5.93. The molecule has 24 heavy (non-hydrogen) atoms. The van der Waals surface area contributed by atoms with Crippen molar-refractivity contribution in [1.29, 1.82) is 0 Å². The van der Waals surface area contributed by atoms with Crippen molar-refractivity contribution in [3.05, 3.63) is 29.8 Å². The van der Waals surface area contributed by atoms with Gasteiger partial charge in [0, 0.05) is 19.7 Å². The molecule has 2 rings (SSSR count). The maximum Gasteiger partial charge on any atom is 0.337 e. The molecule has 0 spiro atoms. The zero-order valence-corrected chi connectivity index (χ0v) is 14.6. The van der Waals surface area contributed by atoms with E-state index in [2.05, 4.69) is 4.74 Å². The summed E-state index contributed by atoms with van der Waals surface area (Å²) in [4.78, 5) is 11.6. The minimum Gasteiger partial charge on any atom is -0.465 e. The van der Waals surface area contributed by atoms with E-state index in [1.807, 2.05) is 0 Å². The van der Waals surface area contributed by atoms with Gasteiger partial charge in [0.1, 0.15) is 0 Å². The van der Waals surface area contributed by atoms with E-state index in [9.17, 15) is 13.2 Å². The molecule has 1 aromatic carbocycles. The highest BCUT2D eigenvalue weighted by atomic mass is 32.2. The number of nitrogens with two attached hydrogens (primary N) is 1. The van der Waals surface area contributed by atoms with Gasteiger partial charge in [-0.05, 0) is 50.1 Å². The zero-order valence-electron chi connectivity index (χ0n) is 13.8. The van der Waals surface area contributed by atoms with Crippen molar-refractivity contribution in [2.75, 3.05) is 33.4 Å². The summed E-state index contributed by atoms with van der Waals surface area (Å²) in [5.41, 5.74) is 5.75. The summed E-state index contributed by atoms with van der Waals surface area (Å²) in [5.74, 6) is -0.491. The normalized spacial score (nSPS) is 16.9. The second kappa shape index (κ2) is 8.57. The fraction of sp³-hybridized carbons (Fsp3) is 0.562. The number of hydrogen-bond donors (Lipinski definition) is 1. The molecule has 0 radical (unpaired) electrons. The number of rotatable bonds is 7. The first kappa shape index (κ1) is 18.9. The lowest BCUT2D eigenvalue weighted by Gasteiger charge is -2.31. The maximum atomic E-state index is 12.7. The number of nitrogens with zero attached hydrogens (tertiary/aromatic N) is 1. The van der Waals surface area contributed by atoms with E-state index < -0.39 is 16.0 Å². The summed E-state index contributed by atoms with van der Waals surface area (Å²) in [7, 11) is -2.27. The molecule has 0 aliphatic carbocycles. The number of sulfonamides is 1. The monoisotopic (exact) mass is 356 g/mol. The number of methoxy groups -OCH3 is 1. The molecule has 134 valence electrons. The largest absolute Gasteiger partial charge is 0.465 e. The molecule has 1 aromatic rings. The van der Waals surface area contributed by atoms with E-state index in [0.29, 0.717) is 44.6 Å². The van der Waals surface area contributed by atoms with E-state index in [0.717, 1.165) is 6.42 Å². The summed E-state index contributed by atoms with van der Waals surface area (Å²) in [6, 6.07) is 5.79. The van der Waals surface area contributed by atoms with Gasteiger partial charge in [0.15, 0.2) is 0 Å². The van der Waals surface area contributed by atoms with E-state index in [-0.39, 0.29) is 11.0 Å². The third kappa shape index (κ3) is 4.54. The standard InChI is InChI=1S/C16H24N2O5S/c1-22-16(19)13-3-5-15(6-4-13)24(20,21)18-10-7-14(8-11-18)23-12-2-9-17/h3-6,14H,2,7-12,17H2,1H3. The Morgan fingerprint density at radius 2 is 1.88 bits per heavy atom. The quantitative estimate of drug-likeness (QED) is 0.578. The van der Waals surface area contributed by atoms with Gasteiger partial charge >= 0.3 is 5.97 Å². The summed E-state index contributed by atoms with van der Waals surface area (Å²) in [6.07, 6.45) is 2.24. The SMILES string of the molecule is COC(=O)c1ccc(S(=O)(=O)N2CCC(OCCCN)CC2)cc1. The van der Waals surface area contributed by atoms with Crippen molar-refractivity contribution >= 4 is 16.0 Å². The second-order valence-electron chi connectivity index (χ2n) is 5.63. The number of carbonyl (C=O) groups excluding carboxylic acids is 1. The average molecular weight is 356 g/mol. The molecule has 8 heteroatoms. The van der Waals surface area contributed by atoms with E-state index in [1.165, 1.54) is 35.7 Å². The number of hydrogen-bond acceptors (Lipinski definition) is 6. The van der Waals surface area contributed by atoms with Crippen molar-refractivity contribution in [2.24, 2.45) is 5.73 Å². The van der Waals surface area contributed by atoms with Crippen molar-refractivity contribution in [3.8, 4) is 0 Å². The van der Waals surface area contributed by atoms with Crippen LogP contribution in [-0.2, 0) is 19.5 Å². The Kier molecular flexibility index (Phi) is 6.73. The van der Waals surface area contributed by atoms with Gasteiger partial charge in [0.25, 0.3) is 0 Å². The minimum absolute atomic E-state index is 0.0877. The molecule has 1 aliphatic heterocycles. The number of carbonyl (C=O) groups is 1. The van der Waals surface area contributed by atoms with Crippen LogP contribution in [0.15, 0.2) is 29.2 Å². The first-order valence-electron chi connectivity index (χ1n) is 7.99. The molecular formula is C16H24N2O5S. The highest BCUT2D eigenvalue weighted by Gasteiger charge is 2.29. The van der Waals surface area contributed by atoms with Crippen molar-refractivity contribution < 1.29 is 22.7 Å². The Bertz CT molecular complexity index is 637. The molecule has 0 amide bonds. The fourth-order valence-corrected chi connectivity index (χ4v) is 4.07. The van der Waals surface area contributed by atoms with Gasteiger partial charge in [-0.25, -0.2) is 13.2 Å². The van der Waals surface area contributed by atoms with Crippen molar-refractivity contribution in [1.82, 2.24) is 4.31 Å². The maximum absolute atomic E-state index is 12.7. The smallest absolute Gasteiger partial charge is 0.337 e. The van der Waals surface area contributed by atoms with Crippen LogP contribution in [0.3, 0.4) is 0 Å². The predicted molar refractivity (Wildman–Crippen MR) is 89.2 cm³/mol. The molecule has 0 unspecified atom stereocenters. The molecule has 1 heterocycles. The first-order chi connectivity index (χ1) is 11.5. The van der Waals surface area contributed by atoms with Crippen molar-refractivity contribution in [2.45, 2.75) is 30.3 Å². The van der Waals surface area contributed by atoms with Gasteiger partial charge in [-0.3, -0.25) is 0 Å². The Morgan fingerprint density at radius 3 is 2.42 bits per heavy atom. The van der Waals surface area contributed by atoms with Crippen LogP contribution in [-0.4, -0.2) is 58.1 Å². The summed E-state index contributed by atoms with van der Waals surface area (Å²) in [5, 5.41) is 0. The molecule has 0 atom stereocenters. The Morgan fingerprint density at radius 1 is 1.25 bits per heavy atom. The van der Waals surface area contributed by atoms with Crippen LogP contribution in [0.5, 0.6) is 0 Å². The first-order valence-corrected chi connectivity index (χ1v) is 9.43. The molecule has 1 aliphatic rings. The van der Waals surface area contributed by atoms with Crippen LogP contribution in [0.4, 0.5) is 0 Å². The molecule has 1 fully saturated rings. The lowest BCUT2D eigenvalue weighted by Crippen LogP contribution is -2.41. The molecule has 2 N–H and O–H groups in total. The minimum atomic E-state index is -3.55. The summed E-state index contributed by atoms with van der Waals surface area (Å²) >= 11 is 0. The Balaban J connectivity index is 1.97. The van der Waals surface area contributed by atoms with E-state index in [4.69, 9.17) is 10.5 Å². The molecule has 0 bridgehead atoms. The molecule has 7 nitrogen and oxygen atoms in total. The van der Waals surface area contributed by atoms with Crippen LogP contribution in [0.2, 0.25) is 0 Å². The van der Waals surface area contributed by atoms with Crippen molar-refractivity contribution in [3.63, 3.8) is 0 Å². The van der Waals surface area contributed by atoms with Gasteiger partial charge in [-0.15, -0.1) is 0 Å². The lowest BCUT2D eigenvalue weighted by molar-refractivity contribution is 0.0209. The Hall–Kier alpha value is -1.48. The lowest BCUT2D eigenvalue weighted by atomic mass is 10.1. The van der Waals surface area contributed by atoms with Crippen LogP contribution in [0, 0.1) is 0 Å². The van der Waals surface area contributed by atoms with Crippen LogP contribution in [0.25, 0.3) is 0 Å². The predicted octanol–water partition coefficient (Wildman–Crippen LogP) is 0.992. The molecular weight excluding hydrogens is 332 g/mol. The van der Waals surface area contributed by atoms with E-state index >= 15 is 0 Å². The highest BCUT2D eigenvalue weighted by molar-refractivity contribution is 7.89. The molecule has 0 saturated carbocycles. The molecule has 1 saturated heterocycles. The Labute approximate surface area is 142 Å². The number of ether oxygens (including phenoxy) is 2. The average Bonchev–Trinajstić information content (AvgIpc) is 2.62. The highest BCUT2D eigenvalue weighted by Crippen LogP contribution is 2.22. The summed E-state index contributed by atoms with van der Waals surface area (Å²) < 4.78 is 37.1. The van der Waals surface area contributed by atoms with Crippen LogP contribution in [0.1, 0.15) is 29.6 Å². The topological polar surface area (TPSA) is 98.9 Å². The number of esters is 1. The van der Waals surface area contributed by atoms with Gasteiger partial charge in [-0.2, -0.15) is 4.31 Å².